The first-order valence-electron chi connectivity index (χ1n) is 9.52. The van der Waals surface area contributed by atoms with Crippen LogP contribution in [0.3, 0.4) is 0 Å². The number of ether oxygens (including phenoxy) is 1. The maximum absolute atomic E-state index is 12.5. The van der Waals surface area contributed by atoms with Crippen LogP contribution in [-0.2, 0) is 11.2 Å². The van der Waals surface area contributed by atoms with Crippen LogP contribution in [0.25, 0.3) is 11.0 Å². The average molecular weight is 393 g/mol. The van der Waals surface area contributed by atoms with E-state index in [4.69, 9.17) is 9.15 Å². The lowest BCUT2D eigenvalue weighted by Gasteiger charge is -2.15. The van der Waals surface area contributed by atoms with E-state index in [1.165, 1.54) is 13.0 Å². The smallest absolute Gasteiger partial charge is 0.336 e. The molecule has 1 atom stereocenters. The summed E-state index contributed by atoms with van der Waals surface area (Å²) in [6, 6.07) is 13.4. The van der Waals surface area contributed by atoms with Crippen LogP contribution >= 0.6 is 0 Å². The van der Waals surface area contributed by atoms with Crippen molar-refractivity contribution in [3.63, 3.8) is 0 Å². The fourth-order valence-corrected chi connectivity index (χ4v) is 3.08. The quantitative estimate of drug-likeness (QED) is 0.476. The molecule has 29 heavy (non-hydrogen) atoms. The molecule has 0 saturated heterocycles. The van der Waals surface area contributed by atoms with Crippen molar-refractivity contribution in [3.8, 4) is 5.75 Å². The van der Waals surface area contributed by atoms with Gasteiger partial charge in [-0.05, 0) is 50.1 Å². The number of hydrogen-bond acceptors (Lipinski definition) is 5. The van der Waals surface area contributed by atoms with Crippen LogP contribution in [0.15, 0.2) is 57.7 Å². The minimum atomic E-state index is -0.793. The molecular formula is C23H23NO5. The maximum Gasteiger partial charge on any atom is 0.336 e. The number of Topliss-reactive ketones (excluding diaryl/α,β-unsaturated/α-hetero) is 1. The normalized spacial score (nSPS) is 11.8. The number of ketones is 1. The Kier molecular flexibility index (Phi) is 6.12. The molecule has 0 aliphatic carbocycles. The molecule has 0 bridgehead atoms. The molecule has 150 valence electrons. The highest BCUT2D eigenvalue weighted by atomic mass is 16.5. The second kappa shape index (κ2) is 8.73. The molecule has 1 heterocycles. The number of fused-ring (bicyclic) bond motifs is 1. The molecule has 3 aromatic rings. The van der Waals surface area contributed by atoms with Crippen LogP contribution in [0.5, 0.6) is 5.75 Å². The maximum atomic E-state index is 12.5. The van der Waals surface area contributed by atoms with Gasteiger partial charge in [-0.1, -0.05) is 25.5 Å². The Balaban J connectivity index is 1.76. The van der Waals surface area contributed by atoms with Crippen molar-refractivity contribution < 1.29 is 18.7 Å². The highest BCUT2D eigenvalue weighted by Crippen LogP contribution is 2.24. The molecule has 3 rings (SSSR count). The van der Waals surface area contributed by atoms with E-state index in [9.17, 15) is 14.4 Å². The first-order valence-corrected chi connectivity index (χ1v) is 9.52. The van der Waals surface area contributed by atoms with Gasteiger partial charge in [0.1, 0.15) is 11.3 Å². The zero-order valence-corrected chi connectivity index (χ0v) is 16.7. The highest BCUT2D eigenvalue weighted by Gasteiger charge is 2.16. The third-order valence-electron chi connectivity index (χ3n) is 4.54. The Morgan fingerprint density at radius 1 is 1.14 bits per heavy atom. The Morgan fingerprint density at radius 2 is 1.93 bits per heavy atom. The lowest BCUT2D eigenvalue weighted by molar-refractivity contribution is -0.122. The fourth-order valence-electron chi connectivity index (χ4n) is 3.08. The van der Waals surface area contributed by atoms with Gasteiger partial charge in [-0.15, -0.1) is 0 Å². The Labute approximate surface area is 168 Å². The summed E-state index contributed by atoms with van der Waals surface area (Å²) >= 11 is 0. The van der Waals surface area contributed by atoms with Gasteiger partial charge in [0.15, 0.2) is 11.9 Å². The second-order valence-electron chi connectivity index (χ2n) is 6.88. The molecule has 2 aromatic carbocycles. The van der Waals surface area contributed by atoms with Crippen molar-refractivity contribution in [2.75, 3.05) is 5.32 Å². The molecular weight excluding hydrogens is 370 g/mol. The van der Waals surface area contributed by atoms with E-state index < -0.39 is 11.7 Å². The molecule has 1 aromatic heterocycles. The number of nitrogens with one attached hydrogen (secondary N) is 1. The van der Waals surface area contributed by atoms with Crippen molar-refractivity contribution >= 4 is 28.3 Å². The number of carbonyl (C=O) groups excluding carboxylic acids is 2. The summed E-state index contributed by atoms with van der Waals surface area (Å²) in [5.74, 6) is -0.00748. The molecule has 1 N–H and O–H groups in total. The van der Waals surface area contributed by atoms with E-state index in [-0.39, 0.29) is 11.7 Å². The van der Waals surface area contributed by atoms with Crippen molar-refractivity contribution in [2.45, 2.75) is 39.7 Å². The lowest BCUT2D eigenvalue weighted by Crippen LogP contribution is -2.30. The van der Waals surface area contributed by atoms with Gasteiger partial charge in [-0.25, -0.2) is 4.79 Å². The standard InChI is InChI=1S/C23H23NO5/c1-4-6-17-12-22(26)29-21-13-19(9-10-20(17)21)28-15(3)23(27)24-18-8-5-7-16(11-18)14(2)25/h5,7-13,15H,4,6H2,1-3H3,(H,24,27)/t15-/m1/s1. The number of amides is 1. The first-order chi connectivity index (χ1) is 13.9. The van der Waals surface area contributed by atoms with Crippen LogP contribution in [0.2, 0.25) is 0 Å². The van der Waals surface area contributed by atoms with Gasteiger partial charge in [-0.3, -0.25) is 9.59 Å². The van der Waals surface area contributed by atoms with Crippen molar-refractivity contribution in [1.29, 1.82) is 0 Å². The number of anilines is 1. The number of carbonyl (C=O) groups is 2. The molecule has 0 aliphatic rings. The van der Waals surface area contributed by atoms with E-state index in [1.807, 2.05) is 13.0 Å². The van der Waals surface area contributed by atoms with Crippen molar-refractivity contribution in [3.05, 3.63) is 70.1 Å². The summed E-state index contributed by atoms with van der Waals surface area (Å²) < 4.78 is 11.0. The van der Waals surface area contributed by atoms with E-state index in [0.29, 0.717) is 22.6 Å². The van der Waals surface area contributed by atoms with Gasteiger partial charge in [0.25, 0.3) is 5.91 Å². The predicted octanol–water partition coefficient (Wildman–Crippen LogP) is 4.35. The summed E-state index contributed by atoms with van der Waals surface area (Å²) in [7, 11) is 0. The lowest BCUT2D eigenvalue weighted by atomic mass is 10.1. The van der Waals surface area contributed by atoms with Gasteiger partial charge in [-0.2, -0.15) is 0 Å². The molecule has 0 spiro atoms. The van der Waals surface area contributed by atoms with Crippen LogP contribution < -0.4 is 15.7 Å². The molecule has 0 unspecified atom stereocenters. The summed E-state index contributed by atoms with van der Waals surface area (Å²) in [6.45, 7) is 5.14. The fraction of sp³-hybridized carbons (Fsp3) is 0.261. The Hall–Kier alpha value is -3.41. The largest absolute Gasteiger partial charge is 0.481 e. The molecule has 0 aliphatic heterocycles. The topological polar surface area (TPSA) is 85.6 Å². The summed E-state index contributed by atoms with van der Waals surface area (Å²) in [6.07, 6.45) is 0.901. The molecule has 0 fully saturated rings. The number of benzene rings is 2. The first kappa shape index (κ1) is 20.3. The number of rotatable bonds is 7. The van der Waals surface area contributed by atoms with Gasteiger partial charge < -0.3 is 14.5 Å². The van der Waals surface area contributed by atoms with Crippen LogP contribution in [0, 0.1) is 0 Å². The van der Waals surface area contributed by atoms with Gasteiger partial charge in [0, 0.05) is 28.8 Å². The van der Waals surface area contributed by atoms with Crippen molar-refractivity contribution in [1.82, 2.24) is 0 Å². The van der Waals surface area contributed by atoms with Gasteiger partial charge >= 0.3 is 5.63 Å². The zero-order chi connectivity index (χ0) is 21.0. The Bertz CT molecular complexity index is 1120. The predicted molar refractivity (Wildman–Crippen MR) is 112 cm³/mol. The average Bonchev–Trinajstić information content (AvgIpc) is 2.68. The number of aryl methyl sites for hydroxylation is 1. The van der Waals surface area contributed by atoms with E-state index in [0.717, 1.165) is 23.8 Å². The number of hydrogen-bond donors (Lipinski definition) is 1. The third kappa shape index (κ3) is 4.90. The minimum Gasteiger partial charge on any atom is -0.481 e. The molecule has 6 heteroatoms. The van der Waals surface area contributed by atoms with Gasteiger partial charge in [0.2, 0.25) is 0 Å². The second-order valence-corrected chi connectivity index (χ2v) is 6.88. The van der Waals surface area contributed by atoms with Crippen LogP contribution in [0.1, 0.15) is 43.1 Å². The summed E-state index contributed by atoms with van der Waals surface area (Å²) in [5, 5.41) is 3.60. The van der Waals surface area contributed by atoms with E-state index in [1.54, 1.807) is 43.3 Å². The summed E-state index contributed by atoms with van der Waals surface area (Å²) in [5.41, 5.74) is 1.99. The molecule has 0 radical (unpaired) electrons. The molecule has 1 amide bonds. The molecule has 6 nitrogen and oxygen atoms in total. The minimum absolute atomic E-state index is 0.0782. The molecule has 0 saturated carbocycles. The monoisotopic (exact) mass is 393 g/mol. The Morgan fingerprint density at radius 3 is 2.66 bits per heavy atom. The van der Waals surface area contributed by atoms with Gasteiger partial charge in [0.05, 0.1) is 0 Å². The highest BCUT2D eigenvalue weighted by molar-refractivity contribution is 5.98. The van der Waals surface area contributed by atoms with Crippen LogP contribution in [-0.4, -0.2) is 17.8 Å². The van der Waals surface area contributed by atoms with Crippen molar-refractivity contribution in [2.24, 2.45) is 0 Å². The zero-order valence-electron chi connectivity index (χ0n) is 16.7. The summed E-state index contributed by atoms with van der Waals surface area (Å²) in [4.78, 5) is 35.8. The third-order valence-corrected chi connectivity index (χ3v) is 4.54. The van der Waals surface area contributed by atoms with Crippen LogP contribution in [0.4, 0.5) is 5.69 Å². The van der Waals surface area contributed by atoms with E-state index >= 15 is 0 Å². The SMILES string of the molecule is CCCc1cc(=O)oc2cc(O[C@H](C)C(=O)Nc3cccc(C(C)=O)c3)ccc12. The van der Waals surface area contributed by atoms with E-state index in [2.05, 4.69) is 5.32 Å².